The van der Waals surface area contributed by atoms with Gasteiger partial charge in [0.05, 0.1) is 6.61 Å². The molecule has 0 atom stereocenters. The average molecular weight is 264 g/mol. The van der Waals surface area contributed by atoms with E-state index in [1.54, 1.807) is 6.07 Å². The highest BCUT2D eigenvalue weighted by molar-refractivity contribution is 6.31. The van der Waals surface area contributed by atoms with Gasteiger partial charge in [-0.05, 0) is 24.6 Å². The van der Waals surface area contributed by atoms with Gasteiger partial charge >= 0.3 is 0 Å². The highest BCUT2D eigenvalue weighted by Gasteiger charge is 2.03. The van der Waals surface area contributed by atoms with Crippen molar-refractivity contribution in [3.63, 3.8) is 0 Å². The molecule has 0 radical (unpaired) electrons. The number of halogens is 1. The number of benzene rings is 1. The molecule has 0 saturated carbocycles. The van der Waals surface area contributed by atoms with Gasteiger partial charge in [-0.15, -0.1) is 0 Å². The molecule has 0 spiro atoms. The molecule has 2 aromatic rings. The smallest absolute Gasteiger partial charge is 0.214 e. The zero-order valence-corrected chi connectivity index (χ0v) is 10.8. The summed E-state index contributed by atoms with van der Waals surface area (Å²) in [5.74, 6) is 0.499. The van der Waals surface area contributed by atoms with Gasteiger partial charge < -0.3 is 9.84 Å². The summed E-state index contributed by atoms with van der Waals surface area (Å²) in [5, 5.41) is 9.79. The second-order valence-corrected chi connectivity index (χ2v) is 4.40. The lowest BCUT2D eigenvalue weighted by Gasteiger charge is -2.08. The van der Waals surface area contributed by atoms with E-state index >= 15 is 0 Å². The molecule has 1 aromatic heterocycles. The van der Waals surface area contributed by atoms with Gasteiger partial charge in [-0.1, -0.05) is 29.8 Å². The van der Waals surface area contributed by atoms with Crippen molar-refractivity contribution in [1.29, 1.82) is 0 Å². The third-order valence-corrected chi connectivity index (χ3v) is 2.87. The summed E-state index contributed by atoms with van der Waals surface area (Å²) in [5.41, 5.74) is 2.51. The molecular formula is C14H14ClNO2. The number of aliphatic hydroxyl groups excluding tert-OH is 1. The number of ether oxygens (including phenoxy) is 1. The molecule has 0 aliphatic rings. The van der Waals surface area contributed by atoms with Crippen LogP contribution >= 0.6 is 11.6 Å². The van der Waals surface area contributed by atoms with Gasteiger partial charge in [0.2, 0.25) is 5.88 Å². The molecule has 0 fully saturated rings. The summed E-state index contributed by atoms with van der Waals surface area (Å²) in [7, 11) is 0. The quantitative estimate of drug-likeness (QED) is 0.922. The minimum atomic E-state index is -0.0220. The van der Waals surface area contributed by atoms with Crippen LogP contribution in [0.5, 0.6) is 5.88 Å². The van der Waals surface area contributed by atoms with Crippen LogP contribution in [0.25, 0.3) is 0 Å². The Morgan fingerprint density at radius 1 is 1.28 bits per heavy atom. The molecule has 4 heteroatoms. The van der Waals surface area contributed by atoms with Crippen LogP contribution in [0.15, 0.2) is 36.4 Å². The van der Waals surface area contributed by atoms with Crippen molar-refractivity contribution in [3.8, 4) is 5.88 Å². The van der Waals surface area contributed by atoms with Gasteiger partial charge in [0.25, 0.3) is 0 Å². The third kappa shape index (κ3) is 3.22. The van der Waals surface area contributed by atoms with E-state index in [2.05, 4.69) is 4.98 Å². The molecule has 18 heavy (non-hydrogen) atoms. The predicted molar refractivity (Wildman–Crippen MR) is 70.7 cm³/mol. The van der Waals surface area contributed by atoms with Crippen molar-refractivity contribution in [2.24, 2.45) is 0 Å². The number of nitrogens with zero attached hydrogens (tertiary/aromatic N) is 1. The molecule has 0 saturated heterocycles. The SMILES string of the molecule is Cc1cc(CO)cc(OCc2ccccc2Cl)n1. The molecule has 1 N–H and O–H groups in total. The molecule has 0 aliphatic heterocycles. The van der Waals surface area contributed by atoms with Gasteiger partial charge in [0.15, 0.2) is 0 Å². The number of aryl methyl sites for hydroxylation is 1. The van der Waals surface area contributed by atoms with Crippen LogP contribution < -0.4 is 4.74 Å². The number of hydrogen-bond donors (Lipinski definition) is 1. The monoisotopic (exact) mass is 263 g/mol. The van der Waals surface area contributed by atoms with Crippen LogP contribution in [0, 0.1) is 6.92 Å². The largest absolute Gasteiger partial charge is 0.473 e. The van der Waals surface area contributed by atoms with E-state index in [4.69, 9.17) is 21.4 Å². The van der Waals surface area contributed by atoms with Gasteiger partial charge in [-0.2, -0.15) is 0 Å². The normalized spacial score (nSPS) is 10.4. The molecule has 0 bridgehead atoms. The topological polar surface area (TPSA) is 42.4 Å². The van der Waals surface area contributed by atoms with Gasteiger partial charge in [-0.3, -0.25) is 0 Å². The molecule has 0 aliphatic carbocycles. The fourth-order valence-electron chi connectivity index (χ4n) is 1.64. The summed E-state index contributed by atoms with van der Waals surface area (Å²) in [6.45, 7) is 2.20. The Hall–Kier alpha value is -1.58. The minimum Gasteiger partial charge on any atom is -0.473 e. The van der Waals surface area contributed by atoms with Crippen molar-refractivity contribution in [1.82, 2.24) is 4.98 Å². The summed E-state index contributed by atoms with van der Waals surface area (Å²) in [6.07, 6.45) is 0. The molecule has 3 nitrogen and oxygen atoms in total. The predicted octanol–water partition coefficient (Wildman–Crippen LogP) is 3.11. The van der Waals surface area contributed by atoms with E-state index in [0.717, 1.165) is 16.8 Å². The maximum atomic E-state index is 9.11. The van der Waals surface area contributed by atoms with Crippen molar-refractivity contribution < 1.29 is 9.84 Å². The van der Waals surface area contributed by atoms with Crippen LogP contribution in [0.1, 0.15) is 16.8 Å². The van der Waals surface area contributed by atoms with E-state index in [9.17, 15) is 0 Å². The number of pyridine rings is 1. The fraction of sp³-hybridized carbons (Fsp3) is 0.214. The minimum absolute atomic E-state index is 0.0220. The number of hydrogen-bond acceptors (Lipinski definition) is 3. The number of aliphatic hydroxyl groups is 1. The Bertz CT molecular complexity index is 543. The Kier molecular flexibility index (Phi) is 4.18. The van der Waals surface area contributed by atoms with Crippen LogP contribution in [0.2, 0.25) is 5.02 Å². The zero-order chi connectivity index (χ0) is 13.0. The van der Waals surface area contributed by atoms with Crippen LogP contribution in [0.4, 0.5) is 0 Å². The highest BCUT2D eigenvalue weighted by atomic mass is 35.5. The first-order valence-electron chi connectivity index (χ1n) is 5.63. The van der Waals surface area contributed by atoms with E-state index in [1.807, 2.05) is 37.3 Å². The van der Waals surface area contributed by atoms with Crippen molar-refractivity contribution >= 4 is 11.6 Å². The first kappa shape index (κ1) is 12.9. The third-order valence-electron chi connectivity index (χ3n) is 2.51. The Labute approximate surface area is 111 Å². The number of aromatic nitrogens is 1. The van der Waals surface area contributed by atoms with Crippen LogP contribution in [-0.4, -0.2) is 10.1 Å². The second kappa shape index (κ2) is 5.85. The molecule has 1 aromatic carbocycles. The highest BCUT2D eigenvalue weighted by Crippen LogP contribution is 2.18. The van der Waals surface area contributed by atoms with Crippen LogP contribution in [0.3, 0.4) is 0 Å². The summed E-state index contributed by atoms with van der Waals surface area (Å²) >= 11 is 6.04. The Balaban J connectivity index is 2.11. The first-order valence-corrected chi connectivity index (χ1v) is 6.01. The zero-order valence-electron chi connectivity index (χ0n) is 10.1. The fourth-order valence-corrected chi connectivity index (χ4v) is 1.83. The van der Waals surface area contributed by atoms with Crippen molar-refractivity contribution in [3.05, 3.63) is 58.2 Å². The lowest BCUT2D eigenvalue weighted by Crippen LogP contribution is -2.00. The summed E-state index contributed by atoms with van der Waals surface area (Å²) in [4.78, 5) is 4.25. The maximum Gasteiger partial charge on any atom is 0.214 e. The lowest BCUT2D eigenvalue weighted by atomic mass is 10.2. The Morgan fingerprint density at radius 3 is 2.78 bits per heavy atom. The van der Waals surface area contributed by atoms with E-state index in [-0.39, 0.29) is 6.61 Å². The van der Waals surface area contributed by atoms with Gasteiger partial charge in [-0.25, -0.2) is 4.98 Å². The molecule has 2 rings (SSSR count). The van der Waals surface area contributed by atoms with Crippen LogP contribution in [-0.2, 0) is 13.2 Å². The van der Waals surface area contributed by atoms with E-state index in [1.165, 1.54) is 0 Å². The second-order valence-electron chi connectivity index (χ2n) is 3.99. The van der Waals surface area contributed by atoms with Gasteiger partial charge in [0, 0.05) is 22.3 Å². The molecule has 0 amide bonds. The lowest BCUT2D eigenvalue weighted by molar-refractivity contribution is 0.274. The van der Waals surface area contributed by atoms with Gasteiger partial charge in [0.1, 0.15) is 6.61 Å². The standard InChI is InChI=1S/C14H14ClNO2/c1-10-6-11(8-17)7-14(16-10)18-9-12-4-2-3-5-13(12)15/h2-7,17H,8-9H2,1H3. The summed E-state index contributed by atoms with van der Waals surface area (Å²) < 4.78 is 5.59. The Morgan fingerprint density at radius 2 is 2.06 bits per heavy atom. The summed E-state index contributed by atoms with van der Waals surface area (Å²) in [6, 6.07) is 11.1. The number of rotatable bonds is 4. The average Bonchev–Trinajstić information content (AvgIpc) is 2.37. The first-order chi connectivity index (χ1) is 8.69. The van der Waals surface area contributed by atoms with Crippen molar-refractivity contribution in [2.75, 3.05) is 0 Å². The van der Waals surface area contributed by atoms with E-state index < -0.39 is 0 Å². The molecule has 1 heterocycles. The molecule has 0 unspecified atom stereocenters. The van der Waals surface area contributed by atoms with E-state index in [0.29, 0.717) is 17.5 Å². The molecular weight excluding hydrogens is 250 g/mol. The maximum absolute atomic E-state index is 9.11. The molecule has 94 valence electrons. The van der Waals surface area contributed by atoms with Crippen molar-refractivity contribution in [2.45, 2.75) is 20.1 Å².